The number of ketones is 2. The van der Waals surface area contributed by atoms with Gasteiger partial charge in [0.05, 0.1) is 7.11 Å². The van der Waals surface area contributed by atoms with Crippen LogP contribution < -0.4 is 113 Å². The summed E-state index contributed by atoms with van der Waals surface area (Å²) in [4.78, 5) is 47.5. The number of hydrogen-bond donors (Lipinski definition) is 1. The predicted octanol–water partition coefficient (Wildman–Crippen LogP) is -4.51. The van der Waals surface area contributed by atoms with E-state index in [-0.39, 0.29) is 149 Å². The third-order valence-electron chi connectivity index (χ3n) is 2.31. The molecule has 0 aliphatic heterocycles. The second-order valence-corrected chi connectivity index (χ2v) is 5.28. The summed E-state index contributed by atoms with van der Waals surface area (Å²) in [6.45, 7) is 2.60. The van der Waals surface area contributed by atoms with Crippen LogP contribution in [0.15, 0.2) is 12.1 Å². The van der Waals surface area contributed by atoms with Gasteiger partial charge >= 0.3 is 103 Å². The fourth-order valence-electron chi connectivity index (χ4n) is 1.25. The van der Waals surface area contributed by atoms with Crippen LogP contribution in [-0.4, -0.2) is 57.3 Å². The van der Waals surface area contributed by atoms with Gasteiger partial charge in [0.25, 0.3) is 6.47 Å². The Morgan fingerprint density at radius 3 is 1.68 bits per heavy atom. The normalized spacial score (nSPS) is 8.03. The number of aliphatic hydroxyl groups is 1. The van der Waals surface area contributed by atoms with Crippen LogP contribution in [-0.2, 0) is 9.68 Å². The first-order valence-electron chi connectivity index (χ1n) is 7.12. The van der Waals surface area contributed by atoms with Gasteiger partial charge in [0.1, 0.15) is 16.5 Å². The topological polar surface area (TPSA) is 165 Å². The van der Waals surface area contributed by atoms with Crippen molar-refractivity contribution in [1.29, 1.82) is 0 Å². The van der Waals surface area contributed by atoms with Crippen molar-refractivity contribution >= 4 is 52.8 Å². The molecule has 11 nitrogen and oxygen atoms in total. The van der Waals surface area contributed by atoms with Gasteiger partial charge in [-0.05, 0) is 23.2 Å². The van der Waals surface area contributed by atoms with Crippen LogP contribution in [0.5, 0.6) is 5.88 Å². The molecule has 0 amide bonds. The molecule has 0 saturated carbocycles. The van der Waals surface area contributed by atoms with Gasteiger partial charge in [0.15, 0.2) is 11.6 Å². The van der Waals surface area contributed by atoms with E-state index in [0.717, 1.165) is 7.11 Å². The molecule has 31 heavy (non-hydrogen) atoms. The summed E-state index contributed by atoms with van der Waals surface area (Å²) >= 11 is 16.5. The largest absolute Gasteiger partial charge is 1.00 e. The van der Waals surface area contributed by atoms with Gasteiger partial charge in [-0.25, -0.2) is 15.0 Å². The van der Waals surface area contributed by atoms with Gasteiger partial charge < -0.3 is 21.4 Å². The summed E-state index contributed by atoms with van der Waals surface area (Å²) in [7, 11) is 2.45. The fraction of sp³-hybridized carbons (Fsp3) is 0.267. The maximum atomic E-state index is 10.9. The molecular weight excluding hydrogens is 533 g/mol. The minimum Gasteiger partial charge on any atom is -1.00 e. The molecule has 0 atom stereocenters. The Bertz CT molecular complexity index is 806. The third-order valence-corrected chi connectivity index (χ3v) is 2.84. The van der Waals surface area contributed by atoms with Crippen LogP contribution in [0.2, 0.25) is 15.7 Å². The zero-order chi connectivity index (χ0) is 23.0. The van der Waals surface area contributed by atoms with Crippen LogP contribution >= 0.6 is 34.8 Å². The number of carbonyl (C=O) groups excluding carboxylic acids is 3. The van der Waals surface area contributed by atoms with Crippen molar-refractivity contribution < 1.29 is 139 Å². The number of aliphatic hydroxyl groups excluding tert-OH is 1. The predicted molar refractivity (Wildman–Crippen MR) is 102 cm³/mol. The molecule has 0 saturated heterocycles. The monoisotopic (exact) mass is 548 g/mol. The van der Waals surface area contributed by atoms with E-state index >= 15 is 0 Å². The van der Waals surface area contributed by atoms with Crippen molar-refractivity contribution in [1.82, 2.24) is 19.9 Å². The molecule has 0 aromatic carbocycles. The minimum absolute atomic E-state index is 0. The zero-order valence-corrected chi connectivity index (χ0v) is 26.1. The van der Waals surface area contributed by atoms with Crippen LogP contribution in [0.4, 0.5) is 0 Å². The minimum atomic E-state index is -0.184. The third kappa shape index (κ3) is 20.0. The second-order valence-electron chi connectivity index (χ2n) is 4.21. The summed E-state index contributed by atoms with van der Waals surface area (Å²) in [5.41, 5.74) is 0.488. The molecule has 16 heteroatoms. The zero-order valence-electron chi connectivity index (χ0n) is 18.6. The Hall–Kier alpha value is 0.833. The van der Waals surface area contributed by atoms with E-state index < -0.39 is 0 Å². The second kappa shape index (κ2) is 24.0. The van der Waals surface area contributed by atoms with E-state index in [4.69, 9.17) is 54.7 Å². The molecule has 2 aromatic heterocycles. The van der Waals surface area contributed by atoms with Crippen molar-refractivity contribution in [3.05, 3.63) is 39.2 Å². The number of methoxy groups -OCH3 is 1. The van der Waals surface area contributed by atoms with Crippen molar-refractivity contribution in [2.75, 3.05) is 14.2 Å². The molecule has 162 valence electrons. The summed E-state index contributed by atoms with van der Waals surface area (Å²) in [6, 6.07) is 2.81. The van der Waals surface area contributed by atoms with E-state index in [0.29, 0.717) is 5.88 Å². The molecule has 0 bridgehead atoms. The van der Waals surface area contributed by atoms with E-state index in [9.17, 15) is 9.59 Å². The van der Waals surface area contributed by atoms with Gasteiger partial charge in [-0.1, -0.05) is 11.6 Å². The number of aromatic nitrogens is 4. The molecule has 2 heterocycles. The SMILES string of the molecule is CC(=O)c1cc(Cl)nc(Cl)n1.CO.COc1cc(C(C)=O)nc(Cl)n1.O=CO[O-].[H-].[K+].[K+]. The van der Waals surface area contributed by atoms with E-state index in [2.05, 4.69) is 24.8 Å². The Morgan fingerprint density at radius 1 is 0.968 bits per heavy atom. The van der Waals surface area contributed by atoms with Crippen molar-refractivity contribution in [3.8, 4) is 5.88 Å². The quantitative estimate of drug-likeness (QED) is 0.0743. The molecule has 0 radical (unpaired) electrons. The average Bonchev–Trinajstić information content (AvgIpc) is 2.68. The number of rotatable bonds is 4. The summed E-state index contributed by atoms with van der Waals surface area (Å²) in [6.07, 6.45) is 0. The maximum absolute atomic E-state index is 10.9. The Labute approximate surface area is 279 Å². The first-order chi connectivity index (χ1) is 13.6. The molecule has 0 aliphatic carbocycles. The van der Waals surface area contributed by atoms with Crippen molar-refractivity contribution in [3.63, 3.8) is 0 Å². The molecule has 2 aromatic rings. The molecule has 0 spiro atoms. The van der Waals surface area contributed by atoms with E-state index in [1.54, 1.807) is 0 Å². The number of Topliss-reactive ketones (excluding diaryl/α,β-unsaturated/α-hetero) is 2. The van der Waals surface area contributed by atoms with Crippen molar-refractivity contribution in [2.45, 2.75) is 13.8 Å². The van der Waals surface area contributed by atoms with Crippen LogP contribution in [0, 0.1) is 0 Å². The van der Waals surface area contributed by atoms with Gasteiger partial charge in [0.2, 0.25) is 16.4 Å². The molecular formula is C15H17Cl3K2N4O7. The van der Waals surface area contributed by atoms with E-state index in [1.807, 2.05) is 0 Å². The van der Waals surface area contributed by atoms with Gasteiger partial charge in [0, 0.05) is 33.1 Å². The molecule has 2 rings (SSSR count). The van der Waals surface area contributed by atoms with Crippen LogP contribution in [0.25, 0.3) is 0 Å². The number of halogens is 3. The van der Waals surface area contributed by atoms with Crippen LogP contribution in [0.1, 0.15) is 36.3 Å². The van der Waals surface area contributed by atoms with E-state index in [1.165, 1.54) is 33.1 Å². The van der Waals surface area contributed by atoms with Crippen molar-refractivity contribution in [2.24, 2.45) is 0 Å². The Morgan fingerprint density at radius 2 is 1.35 bits per heavy atom. The number of ether oxygens (including phenoxy) is 1. The average molecular weight is 550 g/mol. The van der Waals surface area contributed by atoms with Crippen LogP contribution in [0.3, 0.4) is 0 Å². The standard InChI is InChI=1S/C7H7ClN2O2.C6H4Cl2N2O.CH2O3.CH4O.2K.H/c1-4(11)5-3-6(12-2)10-7(8)9-5;1-3(11)4-2-5(7)10-6(8)9-4;2-1-4-3;1-2;;;/h3H,1-2H3;2H,1H3;1,3H;2H,1H3;;;/q;;;;2*+1;-1/p-1. The first-order valence-corrected chi connectivity index (χ1v) is 8.25. The number of hydrogen-bond acceptors (Lipinski definition) is 11. The van der Waals surface area contributed by atoms with Gasteiger partial charge in [-0.15, -0.1) is 0 Å². The smallest absolute Gasteiger partial charge is 1.00 e. The van der Waals surface area contributed by atoms with Gasteiger partial charge in [-0.2, -0.15) is 4.98 Å². The first kappa shape index (κ1) is 39.1. The molecule has 0 aliphatic rings. The Kier molecular flexibility index (Phi) is 30.2. The maximum Gasteiger partial charge on any atom is 1.00 e. The summed E-state index contributed by atoms with van der Waals surface area (Å²) < 4.78 is 4.80. The molecule has 0 unspecified atom stereocenters. The summed E-state index contributed by atoms with van der Waals surface area (Å²) in [5, 5.41) is 15.6. The fourth-order valence-corrected chi connectivity index (χ4v) is 1.84. The molecule has 1 N–H and O–H groups in total. The number of nitrogens with zero attached hydrogens (tertiary/aromatic N) is 4. The summed E-state index contributed by atoms with van der Waals surface area (Å²) in [5.74, 6) is -0.0611. The Balaban J connectivity index is -0.000000114. The molecule has 0 fully saturated rings. The van der Waals surface area contributed by atoms with Gasteiger partial charge in [-0.3, -0.25) is 14.4 Å². The number of carbonyl (C=O) groups is 3.